The minimum Gasteiger partial charge on any atom is -0.338 e. The van der Waals surface area contributed by atoms with E-state index in [0.29, 0.717) is 24.5 Å². The minimum absolute atomic E-state index is 0.0813. The van der Waals surface area contributed by atoms with Gasteiger partial charge in [-0.15, -0.1) is 17.8 Å². The van der Waals surface area contributed by atoms with E-state index in [-0.39, 0.29) is 6.03 Å². The summed E-state index contributed by atoms with van der Waals surface area (Å²) in [7, 11) is 4.21. The molecule has 2 fully saturated rings. The Hall–Kier alpha value is -1.62. The summed E-state index contributed by atoms with van der Waals surface area (Å²) >= 11 is 1.72. The highest BCUT2D eigenvalue weighted by Crippen LogP contribution is 2.56. The molecular weight excluding hydrogens is 358 g/mol. The van der Waals surface area contributed by atoms with Crippen LogP contribution in [-0.4, -0.2) is 78.6 Å². The number of terminal acetylenes is 1. The molecule has 0 radical (unpaired) electrons. The number of hydrogen-bond donors (Lipinski definition) is 1. The lowest BCUT2D eigenvalue weighted by Gasteiger charge is -2.34. The van der Waals surface area contributed by atoms with Crippen LogP contribution in [0.2, 0.25) is 0 Å². The number of urea groups is 1. The Morgan fingerprint density at radius 2 is 2.26 bits per heavy atom. The predicted molar refractivity (Wildman–Crippen MR) is 110 cm³/mol. The second-order valence-electron chi connectivity index (χ2n) is 7.94. The third kappa shape index (κ3) is 5.22. The van der Waals surface area contributed by atoms with Crippen molar-refractivity contribution in [3.8, 4) is 12.3 Å². The molecule has 3 rings (SSSR count). The first-order valence-corrected chi connectivity index (χ1v) is 10.7. The van der Waals surface area contributed by atoms with Crippen molar-refractivity contribution in [1.82, 2.24) is 25.0 Å². The van der Waals surface area contributed by atoms with Crippen molar-refractivity contribution in [2.45, 2.75) is 38.3 Å². The van der Waals surface area contributed by atoms with Crippen molar-refractivity contribution >= 4 is 17.4 Å². The Balaban J connectivity index is 1.34. The molecular formula is C20H31N5OS. The molecule has 1 spiro atoms. The van der Waals surface area contributed by atoms with Gasteiger partial charge >= 0.3 is 6.03 Å². The summed E-state index contributed by atoms with van der Waals surface area (Å²) in [6.07, 6.45) is 11.6. The Morgan fingerprint density at radius 3 is 2.93 bits per heavy atom. The summed E-state index contributed by atoms with van der Waals surface area (Å²) < 4.78 is 0. The van der Waals surface area contributed by atoms with Gasteiger partial charge in [0.05, 0.1) is 13.1 Å². The van der Waals surface area contributed by atoms with Crippen LogP contribution in [0.3, 0.4) is 0 Å². The Kier molecular flexibility index (Phi) is 6.74. The normalized spacial score (nSPS) is 20.9. The third-order valence-electron chi connectivity index (χ3n) is 5.95. The highest BCUT2D eigenvalue weighted by Gasteiger charge is 2.56. The predicted octanol–water partition coefficient (Wildman–Crippen LogP) is 2.09. The van der Waals surface area contributed by atoms with Crippen molar-refractivity contribution in [3.05, 3.63) is 16.6 Å². The van der Waals surface area contributed by atoms with Crippen LogP contribution in [0.25, 0.3) is 0 Å². The van der Waals surface area contributed by atoms with Gasteiger partial charge in [-0.25, -0.2) is 9.78 Å². The summed E-state index contributed by atoms with van der Waals surface area (Å²) in [6, 6.07) is 0.719. The molecule has 0 bridgehead atoms. The van der Waals surface area contributed by atoms with E-state index in [0.717, 1.165) is 45.4 Å². The summed E-state index contributed by atoms with van der Waals surface area (Å²) in [5.74, 6) is 2.63. The number of carbonyl (C=O) groups is 1. The fourth-order valence-electron chi connectivity index (χ4n) is 4.19. The molecule has 1 aliphatic carbocycles. The van der Waals surface area contributed by atoms with Crippen LogP contribution in [-0.2, 0) is 6.54 Å². The topological polar surface area (TPSA) is 51.7 Å². The van der Waals surface area contributed by atoms with Crippen LogP contribution in [0.1, 0.15) is 30.7 Å². The van der Waals surface area contributed by atoms with Gasteiger partial charge in [0.25, 0.3) is 0 Å². The van der Waals surface area contributed by atoms with Gasteiger partial charge in [0, 0.05) is 43.8 Å². The fourth-order valence-corrected chi connectivity index (χ4v) is 4.87. The molecule has 2 heterocycles. The number of amides is 2. The largest absolute Gasteiger partial charge is 0.338 e. The number of aromatic nitrogens is 1. The number of hydrogen-bond acceptors (Lipinski definition) is 5. The van der Waals surface area contributed by atoms with E-state index in [2.05, 4.69) is 33.1 Å². The van der Waals surface area contributed by atoms with E-state index in [4.69, 9.17) is 6.42 Å². The summed E-state index contributed by atoms with van der Waals surface area (Å²) in [4.78, 5) is 23.3. The highest BCUT2D eigenvalue weighted by molar-refractivity contribution is 7.09. The molecule has 1 aliphatic heterocycles. The lowest BCUT2D eigenvalue weighted by atomic mass is 9.92. The standard InChI is InChI=1S/C20H31N5OS/c1-4-10-23(2)11-5-8-22-19(26)25-12-6-20(7-13-25)15-17(20)24(3)16-18-21-9-14-27-18/h1,9,14,17H,5-8,10-13,15-16H2,2-3H3,(H,22,26). The van der Waals surface area contributed by atoms with Crippen LogP contribution >= 0.6 is 11.3 Å². The average Bonchev–Trinajstić information content (AvgIpc) is 3.10. The maximum absolute atomic E-state index is 12.4. The zero-order valence-corrected chi connectivity index (χ0v) is 17.3. The second-order valence-corrected chi connectivity index (χ2v) is 8.92. The van der Waals surface area contributed by atoms with Crippen LogP contribution in [0, 0.1) is 17.8 Å². The van der Waals surface area contributed by atoms with Gasteiger partial charge in [0.15, 0.2) is 0 Å². The van der Waals surface area contributed by atoms with Gasteiger partial charge < -0.3 is 10.2 Å². The van der Waals surface area contributed by atoms with Gasteiger partial charge in [-0.3, -0.25) is 9.80 Å². The maximum Gasteiger partial charge on any atom is 0.317 e. The lowest BCUT2D eigenvalue weighted by molar-refractivity contribution is 0.148. The zero-order valence-electron chi connectivity index (χ0n) is 16.5. The van der Waals surface area contributed by atoms with Crippen molar-refractivity contribution < 1.29 is 4.79 Å². The molecule has 2 amide bonds. The molecule has 0 aromatic carbocycles. The first-order valence-electron chi connectivity index (χ1n) is 9.77. The van der Waals surface area contributed by atoms with E-state index in [1.807, 2.05) is 23.5 Å². The number of likely N-dealkylation sites (tertiary alicyclic amines) is 1. The molecule has 148 valence electrons. The molecule has 1 aromatic heterocycles. The summed E-state index contributed by atoms with van der Waals surface area (Å²) in [5.41, 5.74) is 0.417. The number of nitrogens with one attached hydrogen (secondary N) is 1. The Morgan fingerprint density at radius 1 is 1.48 bits per heavy atom. The Labute approximate surface area is 166 Å². The first-order chi connectivity index (χ1) is 13.0. The van der Waals surface area contributed by atoms with Crippen molar-refractivity contribution in [2.75, 3.05) is 46.8 Å². The molecule has 7 heteroatoms. The van der Waals surface area contributed by atoms with E-state index in [1.165, 1.54) is 11.4 Å². The van der Waals surface area contributed by atoms with Crippen molar-refractivity contribution in [2.24, 2.45) is 5.41 Å². The molecule has 2 aliphatic rings. The minimum atomic E-state index is 0.0813. The SMILES string of the molecule is C#CCN(C)CCCNC(=O)N1CCC2(CC1)CC2N(C)Cc1nccs1. The van der Waals surface area contributed by atoms with E-state index >= 15 is 0 Å². The second kappa shape index (κ2) is 9.05. The van der Waals surface area contributed by atoms with E-state index < -0.39 is 0 Å². The van der Waals surface area contributed by atoms with E-state index in [1.54, 1.807) is 11.3 Å². The van der Waals surface area contributed by atoms with Crippen molar-refractivity contribution in [3.63, 3.8) is 0 Å². The van der Waals surface area contributed by atoms with Crippen molar-refractivity contribution in [1.29, 1.82) is 0 Å². The molecule has 1 N–H and O–H groups in total. The smallest absolute Gasteiger partial charge is 0.317 e. The van der Waals surface area contributed by atoms with Gasteiger partial charge in [0.2, 0.25) is 0 Å². The molecule has 1 saturated carbocycles. The fraction of sp³-hybridized carbons (Fsp3) is 0.700. The maximum atomic E-state index is 12.4. The first kappa shape index (κ1) is 20.1. The van der Waals surface area contributed by atoms with Gasteiger partial charge in [0.1, 0.15) is 5.01 Å². The molecule has 1 atom stereocenters. The van der Waals surface area contributed by atoms with Gasteiger partial charge in [-0.2, -0.15) is 0 Å². The number of rotatable bonds is 8. The average molecular weight is 390 g/mol. The molecule has 1 saturated heterocycles. The number of thiazole rings is 1. The molecule has 27 heavy (non-hydrogen) atoms. The van der Waals surface area contributed by atoms with E-state index in [9.17, 15) is 4.79 Å². The third-order valence-corrected chi connectivity index (χ3v) is 6.71. The molecule has 1 unspecified atom stereocenters. The van der Waals surface area contributed by atoms with Gasteiger partial charge in [-0.1, -0.05) is 5.92 Å². The van der Waals surface area contributed by atoms with Crippen LogP contribution in [0.4, 0.5) is 4.79 Å². The number of piperidine rings is 1. The van der Waals surface area contributed by atoms with Gasteiger partial charge in [-0.05, 0) is 45.2 Å². The van der Waals surface area contributed by atoms with Crippen LogP contribution in [0.5, 0.6) is 0 Å². The lowest BCUT2D eigenvalue weighted by Crippen LogP contribution is -2.46. The quantitative estimate of drug-likeness (QED) is 0.546. The molecule has 6 nitrogen and oxygen atoms in total. The summed E-state index contributed by atoms with van der Waals surface area (Å²) in [5, 5.41) is 6.27. The van der Waals surface area contributed by atoms with Crippen LogP contribution < -0.4 is 5.32 Å². The highest BCUT2D eigenvalue weighted by atomic mass is 32.1. The van der Waals surface area contributed by atoms with Crippen LogP contribution in [0.15, 0.2) is 11.6 Å². The number of carbonyl (C=O) groups excluding carboxylic acids is 1. The Bertz CT molecular complexity index is 648. The summed E-state index contributed by atoms with van der Waals surface area (Å²) in [6.45, 7) is 4.92. The monoisotopic (exact) mass is 389 g/mol. The number of nitrogens with zero attached hydrogens (tertiary/aromatic N) is 4. The zero-order chi connectivity index (χ0) is 19.3. The molecule has 1 aromatic rings.